The van der Waals surface area contributed by atoms with E-state index in [1.54, 1.807) is 78.9 Å². The molecule has 0 aromatic heterocycles. The number of hydrogen-bond acceptors (Lipinski definition) is 5. The van der Waals surface area contributed by atoms with Gasteiger partial charge >= 0.3 is 0 Å². The van der Waals surface area contributed by atoms with E-state index in [1.807, 2.05) is 12.1 Å². The normalized spacial score (nSPS) is 11.7. The van der Waals surface area contributed by atoms with Crippen molar-refractivity contribution in [3.63, 3.8) is 0 Å². The first-order chi connectivity index (χ1) is 15.1. The summed E-state index contributed by atoms with van der Waals surface area (Å²) in [6, 6.07) is 25.3. The quantitative estimate of drug-likeness (QED) is 0.368. The Morgan fingerprint density at radius 3 is 1.58 bits per heavy atom. The van der Waals surface area contributed by atoms with Gasteiger partial charge in [-0.15, -0.1) is 0 Å². The zero-order chi connectivity index (χ0) is 22.6. The van der Waals surface area contributed by atoms with Crippen LogP contribution in [0.1, 0.15) is 12.8 Å². The smallest absolute Gasteiger partial charge is 0.229 e. The van der Waals surface area contributed by atoms with Crippen LogP contribution in [-0.2, 0) is 4.43 Å². The monoisotopic (exact) mass is 438 g/mol. The van der Waals surface area contributed by atoms with Crippen molar-refractivity contribution in [2.75, 3.05) is 13.2 Å². The number of aromatic hydroxyl groups is 3. The summed E-state index contributed by atoms with van der Waals surface area (Å²) in [6.45, 7) is 5.02. The van der Waals surface area contributed by atoms with E-state index in [9.17, 15) is 0 Å². The molecule has 1 aliphatic heterocycles. The molecule has 0 amide bonds. The van der Waals surface area contributed by atoms with E-state index in [-0.39, 0.29) is 5.75 Å². The predicted octanol–water partition coefficient (Wildman–Crippen LogP) is 5.58. The van der Waals surface area contributed by atoms with E-state index in [0.29, 0.717) is 18.1 Å². The summed E-state index contributed by atoms with van der Waals surface area (Å²) >= 11 is 0. The summed E-state index contributed by atoms with van der Waals surface area (Å²) < 4.78 is 10.3. The summed E-state index contributed by atoms with van der Waals surface area (Å²) in [5.74, 6) is 1.63. The summed E-state index contributed by atoms with van der Waals surface area (Å²) in [6.07, 6.45) is 4.35. The van der Waals surface area contributed by atoms with Crippen LogP contribution < -0.4 is 4.74 Å². The number of benzene rings is 3. The Hall–Kier alpha value is -3.22. The molecule has 3 aromatic rings. The Morgan fingerprint density at radius 1 is 0.774 bits per heavy atom. The molecule has 0 unspecified atom stereocenters. The van der Waals surface area contributed by atoms with E-state index < -0.39 is 0 Å². The molecule has 6 heteroatoms. The number of rotatable bonds is 3. The minimum Gasteiger partial charge on any atom is -0.508 e. The third-order valence-corrected chi connectivity index (χ3v) is 4.56. The van der Waals surface area contributed by atoms with Gasteiger partial charge in [-0.05, 0) is 61.0 Å². The van der Waals surface area contributed by atoms with Crippen molar-refractivity contribution in [3.05, 3.63) is 97.6 Å². The van der Waals surface area contributed by atoms with Crippen LogP contribution in [0.5, 0.6) is 23.0 Å². The average Bonchev–Trinajstić information content (AvgIpc) is 2.82. The van der Waals surface area contributed by atoms with Crippen molar-refractivity contribution in [2.24, 2.45) is 0 Å². The standard InChI is InChI=1S/C9H10O2.2C6H6O.C4H8OSi/c1-2-7-11-9-5-3-8(10)4-6-9;2*7-6-4-2-1-3-5-6;1-2-4-6-5-3-1/h2-6,10H,1,7H2;2*1-5,7H;1-4H2. The minimum atomic E-state index is 0.246. The fraction of sp³-hybridized carbons (Fsp3) is 0.200. The van der Waals surface area contributed by atoms with E-state index in [2.05, 4.69) is 6.58 Å². The highest BCUT2D eigenvalue weighted by Gasteiger charge is 1.97. The first-order valence-electron chi connectivity index (χ1n) is 9.97. The molecule has 0 bridgehead atoms. The van der Waals surface area contributed by atoms with Gasteiger partial charge in [-0.2, -0.15) is 0 Å². The van der Waals surface area contributed by atoms with Gasteiger partial charge in [0.1, 0.15) is 29.6 Å². The zero-order valence-electron chi connectivity index (χ0n) is 17.6. The number of ether oxygens (including phenoxy) is 1. The predicted molar refractivity (Wildman–Crippen MR) is 126 cm³/mol. The van der Waals surface area contributed by atoms with Crippen LogP contribution in [0.15, 0.2) is 97.6 Å². The van der Waals surface area contributed by atoms with E-state index in [0.717, 1.165) is 22.1 Å². The number of phenols is 3. The fourth-order valence-corrected chi connectivity index (χ4v) is 2.90. The van der Waals surface area contributed by atoms with Crippen molar-refractivity contribution >= 4 is 9.76 Å². The fourth-order valence-electron chi connectivity index (χ4n) is 2.07. The van der Waals surface area contributed by atoms with Gasteiger partial charge in [-0.1, -0.05) is 55.5 Å². The van der Waals surface area contributed by atoms with Crippen molar-refractivity contribution < 1.29 is 24.5 Å². The molecule has 1 saturated heterocycles. The third kappa shape index (κ3) is 15.3. The minimum absolute atomic E-state index is 0.246. The highest BCUT2D eigenvalue weighted by atomic mass is 28.2. The van der Waals surface area contributed by atoms with Gasteiger partial charge in [0.25, 0.3) is 0 Å². The zero-order valence-corrected chi connectivity index (χ0v) is 18.6. The molecule has 0 aliphatic carbocycles. The molecule has 3 N–H and O–H groups in total. The molecule has 0 spiro atoms. The maximum absolute atomic E-state index is 8.91. The van der Waals surface area contributed by atoms with Gasteiger partial charge in [0.2, 0.25) is 9.76 Å². The molecular weight excluding hydrogens is 408 g/mol. The summed E-state index contributed by atoms with van der Waals surface area (Å²) in [4.78, 5) is 0. The van der Waals surface area contributed by atoms with Gasteiger partial charge in [0, 0.05) is 6.61 Å². The molecule has 5 nitrogen and oxygen atoms in total. The van der Waals surface area contributed by atoms with Crippen LogP contribution in [0.25, 0.3) is 0 Å². The van der Waals surface area contributed by atoms with Crippen molar-refractivity contribution in [2.45, 2.75) is 18.9 Å². The molecular formula is C25H30O5Si. The Morgan fingerprint density at radius 2 is 1.29 bits per heavy atom. The topological polar surface area (TPSA) is 79.2 Å². The number of phenolic OH excluding ortho intramolecular Hbond substituents is 3. The molecule has 1 fully saturated rings. The second-order valence-corrected chi connectivity index (χ2v) is 7.29. The van der Waals surface area contributed by atoms with Gasteiger partial charge in [0.05, 0.1) is 0 Å². The van der Waals surface area contributed by atoms with Crippen molar-refractivity contribution in [3.8, 4) is 23.0 Å². The van der Waals surface area contributed by atoms with Gasteiger partial charge < -0.3 is 24.5 Å². The van der Waals surface area contributed by atoms with E-state index in [1.165, 1.54) is 18.9 Å². The summed E-state index contributed by atoms with van der Waals surface area (Å²) in [5.41, 5.74) is 0. The maximum Gasteiger partial charge on any atom is 0.229 e. The first kappa shape index (κ1) is 25.8. The van der Waals surface area contributed by atoms with Crippen LogP contribution in [-0.4, -0.2) is 38.3 Å². The van der Waals surface area contributed by atoms with Gasteiger partial charge in [-0.3, -0.25) is 0 Å². The Labute approximate surface area is 187 Å². The van der Waals surface area contributed by atoms with Gasteiger partial charge in [0.15, 0.2) is 0 Å². The highest BCUT2D eigenvalue weighted by molar-refractivity contribution is 6.27. The van der Waals surface area contributed by atoms with Crippen LogP contribution in [0, 0.1) is 0 Å². The molecule has 4 rings (SSSR count). The molecule has 1 heterocycles. The van der Waals surface area contributed by atoms with Crippen LogP contribution in [0.3, 0.4) is 0 Å². The molecule has 0 saturated carbocycles. The molecule has 2 radical (unpaired) electrons. The molecule has 164 valence electrons. The lowest BCUT2D eigenvalue weighted by molar-refractivity contribution is 0.304. The van der Waals surface area contributed by atoms with Crippen LogP contribution >= 0.6 is 0 Å². The van der Waals surface area contributed by atoms with Crippen LogP contribution in [0.4, 0.5) is 0 Å². The number of hydrogen-bond donors (Lipinski definition) is 3. The van der Waals surface area contributed by atoms with Gasteiger partial charge in [-0.25, -0.2) is 0 Å². The second kappa shape index (κ2) is 17.6. The van der Waals surface area contributed by atoms with Crippen molar-refractivity contribution in [1.29, 1.82) is 0 Å². The summed E-state index contributed by atoms with van der Waals surface area (Å²) in [5, 5.41) is 26.2. The maximum atomic E-state index is 8.91. The van der Waals surface area contributed by atoms with E-state index >= 15 is 0 Å². The molecule has 1 aliphatic rings. The Kier molecular flexibility index (Phi) is 14.7. The largest absolute Gasteiger partial charge is 0.508 e. The second-order valence-electron chi connectivity index (χ2n) is 6.21. The first-order valence-corrected chi connectivity index (χ1v) is 11.1. The summed E-state index contributed by atoms with van der Waals surface area (Å²) in [7, 11) is 0.802. The lowest BCUT2D eigenvalue weighted by Gasteiger charge is -2.06. The third-order valence-electron chi connectivity index (χ3n) is 3.59. The Bertz CT molecular complexity index is 742. The average molecular weight is 439 g/mol. The molecule has 0 atom stereocenters. The number of para-hydroxylation sites is 2. The lowest BCUT2D eigenvalue weighted by atomic mass is 10.3. The highest BCUT2D eigenvalue weighted by Crippen LogP contribution is 2.15. The van der Waals surface area contributed by atoms with E-state index in [4.69, 9.17) is 24.5 Å². The molecule has 31 heavy (non-hydrogen) atoms. The SMILES string of the molecule is C1CC[Si]OC1.C=CCOc1ccc(O)cc1.Oc1ccccc1.Oc1ccccc1. The van der Waals surface area contributed by atoms with Crippen LogP contribution in [0.2, 0.25) is 6.04 Å². The molecule has 3 aromatic carbocycles. The Balaban J connectivity index is 0.000000213. The lowest BCUT2D eigenvalue weighted by Crippen LogP contribution is -2.06. The van der Waals surface area contributed by atoms with Crippen molar-refractivity contribution in [1.82, 2.24) is 0 Å².